The first kappa shape index (κ1) is 26.6. The number of anilines is 1. The Hall–Kier alpha value is -3.38. The molecule has 0 aliphatic carbocycles. The van der Waals surface area contributed by atoms with E-state index in [1.165, 1.54) is 5.69 Å². The molecule has 6 N–H and O–H groups in total. The van der Waals surface area contributed by atoms with Crippen LogP contribution in [0.15, 0.2) is 24.3 Å². The molecule has 1 aromatic carbocycles. The van der Waals surface area contributed by atoms with Gasteiger partial charge >= 0.3 is 23.9 Å². The number of nitrogens with two attached hydrogens (primary N) is 1. The van der Waals surface area contributed by atoms with Crippen molar-refractivity contribution < 1.29 is 44.3 Å². The molecule has 30 heavy (non-hydrogen) atoms. The maximum Gasteiger partial charge on any atom is 0.414 e. The Morgan fingerprint density at radius 2 is 1.37 bits per heavy atom. The van der Waals surface area contributed by atoms with E-state index in [1.54, 1.807) is 7.11 Å². The molecule has 1 aliphatic heterocycles. The van der Waals surface area contributed by atoms with Crippen LogP contribution < -0.4 is 15.4 Å². The smallest absolute Gasteiger partial charge is 0.414 e. The number of ether oxygens (including phenoxy) is 1. The normalized spacial score (nSPS) is 13.1. The molecule has 2 rings (SSSR count). The molecule has 1 fully saturated rings. The topological polar surface area (TPSA) is 191 Å². The highest BCUT2D eigenvalue weighted by atomic mass is 16.5. The maximum absolute atomic E-state index is 9.10. The molecule has 1 aromatic rings. The predicted molar refractivity (Wildman–Crippen MR) is 106 cm³/mol. The summed E-state index contributed by atoms with van der Waals surface area (Å²) in [4.78, 5) is 41.3. The van der Waals surface area contributed by atoms with Crippen molar-refractivity contribution in [1.29, 1.82) is 0 Å². The van der Waals surface area contributed by atoms with E-state index in [1.807, 2.05) is 12.1 Å². The van der Waals surface area contributed by atoms with Gasteiger partial charge in [0.15, 0.2) is 0 Å². The highest BCUT2D eigenvalue weighted by Crippen LogP contribution is 2.28. The quantitative estimate of drug-likeness (QED) is 0.377. The lowest BCUT2D eigenvalue weighted by Crippen LogP contribution is -2.47. The average molecular weight is 429 g/mol. The van der Waals surface area contributed by atoms with E-state index in [2.05, 4.69) is 21.9 Å². The number of nitrogens with zero attached hydrogens (tertiary/aromatic N) is 2. The van der Waals surface area contributed by atoms with E-state index in [0.717, 1.165) is 51.4 Å². The molecule has 0 amide bonds. The van der Waals surface area contributed by atoms with Gasteiger partial charge < -0.3 is 35.8 Å². The van der Waals surface area contributed by atoms with Crippen LogP contribution in [-0.2, 0) is 19.2 Å². The molecule has 0 unspecified atom stereocenters. The van der Waals surface area contributed by atoms with Crippen molar-refractivity contribution in [1.82, 2.24) is 4.90 Å². The lowest BCUT2D eigenvalue weighted by atomic mass is 10.2. The van der Waals surface area contributed by atoms with E-state index >= 15 is 0 Å². The van der Waals surface area contributed by atoms with Gasteiger partial charge in [0.1, 0.15) is 5.75 Å². The Labute approximate surface area is 173 Å². The van der Waals surface area contributed by atoms with Crippen molar-refractivity contribution in [2.45, 2.75) is 6.42 Å². The van der Waals surface area contributed by atoms with E-state index < -0.39 is 23.9 Å². The number of hydrogen-bond acceptors (Lipinski definition) is 8. The van der Waals surface area contributed by atoms with Crippen molar-refractivity contribution in [3.8, 4) is 5.75 Å². The fraction of sp³-hybridized carbons (Fsp3) is 0.444. The molecule has 0 radical (unpaired) electrons. The first-order chi connectivity index (χ1) is 14.1. The third-order valence-corrected chi connectivity index (χ3v) is 3.84. The van der Waals surface area contributed by atoms with Gasteiger partial charge in [0.25, 0.3) is 0 Å². The second kappa shape index (κ2) is 14.6. The van der Waals surface area contributed by atoms with Crippen molar-refractivity contribution in [3.63, 3.8) is 0 Å². The average Bonchev–Trinajstić information content (AvgIpc) is 2.73. The molecule has 12 heteroatoms. The van der Waals surface area contributed by atoms with Crippen LogP contribution in [0.4, 0.5) is 5.69 Å². The predicted octanol–water partition coefficient (Wildman–Crippen LogP) is -0.523. The third-order valence-electron chi connectivity index (χ3n) is 3.84. The van der Waals surface area contributed by atoms with Crippen LogP contribution in [0.3, 0.4) is 0 Å². The van der Waals surface area contributed by atoms with Gasteiger partial charge in [0.05, 0.1) is 12.8 Å². The van der Waals surface area contributed by atoms with Crippen LogP contribution in [0.25, 0.3) is 0 Å². The van der Waals surface area contributed by atoms with Gasteiger partial charge in [-0.25, -0.2) is 19.2 Å². The summed E-state index contributed by atoms with van der Waals surface area (Å²) in [6.45, 7) is 6.25. The van der Waals surface area contributed by atoms with Gasteiger partial charge in [-0.3, -0.25) is 4.90 Å². The number of methoxy groups -OCH3 is 1. The van der Waals surface area contributed by atoms with Crippen LogP contribution in [0.1, 0.15) is 6.42 Å². The molecule has 168 valence electrons. The number of piperazine rings is 1. The Morgan fingerprint density at radius 3 is 1.77 bits per heavy atom. The summed E-state index contributed by atoms with van der Waals surface area (Å²) < 4.78 is 5.42. The van der Waals surface area contributed by atoms with Crippen molar-refractivity contribution in [3.05, 3.63) is 24.3 Å². The van der Waals surface area contributed by atoms with Gasteiger partial charge in [-0.15, -0.1) is 0 Å². The zero-order chi connectivity index (χ0) is 23.1. The van der Waals surface area contributed by atoms with Crippen LogP contribution >= 0.6 is 0 Å². The highest BCUT2D eigenvalue weighted by molar-refractivity contribution is 6.27. The molecule has 0 bridgehead atoms. The number of benzene rings is 1. The van der Waals surface area contributed by atoms with Gasteiger partial charge in [-0.2, -0.15) is 0 Å². The fourth-order valence-corrected chi connectivity index (χ4v) is 2.42. The second-order valence-electron chi connectivity index (χ2n) is 5.86. The molecule has 1 saturated heterocycles. The zero-order valence-electron chi connectivity index (χ0n) is 16.6. The number of carbonyl (C=O) groups is 4. The minimum Gasteiger partial charge on any atom is -0.495 e. The molecule has 0 aromatic heterocycles. The Bertz CT molecular complexity index is 656. The largest absolute Gasteiger partial charge is 0.495 e. The van der Waals surface area contributed by atoms with Gasteiger partial charge in [0, 0.05) is 26.2 Å². The van der Waals surface area contributed by atoms with Crippen LogP contribution in [-0.4, -0.2) is 95.6 Å². The SMILES string of the molecule is COc1ccccc1N1CCN(CCCN)CC1.O=C(O)C(=O)O.O=C(O)C(=O)O. The molecule has 1 aliphatic rings. The lowest BCUT2D eigenvalue weighted by molar-refractivity contribution is -0.159. The number of para-hydroxylation sites is 2. The van der Waals surface area contributed by atoms with Gasteiger partial charge in [-0.1, -0.05) is 12.1 Å². The Balaban J connectivity index is 0.000000580. The standard InChI is InChI=1S/C14H23N3O.2C2H2O4/c1-18-14-6-3-2-5-13(14)17-11-9-16(10-12-17)8-4-7-15;2*3-1(4)2(5)6/h2-3,5-6H,4,7-12,15H2,1H3;2*(H,3,4)(H,5,6). The number of carboxylic acids is 4. The molecule has 0 saturated carbocycles. The number of carboxylic acid groups (broad SMARTS) is 4. The molecule has 1 heterocycles. The van der Waals surface area contributed by atoms with Crippen LogP contribution in [0.5, 0.6) is 5.75 Å². The van der Waals surface area contributed by atoms with E-state index in [0.29, 0.717) is 0 Å². The molecular formula is C18H27N3O9. The first-order valence-electron chi connectivity index (χ1n) is 8.86. The van der Waals surface area contributed by atoms with Gasteiger partial charge in [0.2, 0.25) is 0 Å². The molecule has 0 spiro atoms. The summed E-state index contributed by atoms with van der Waals surface area (Å²) in [5, 5.41) is 29.6. The molecule has 12 nitrogen and oxygen atoms in total. The second-order valence-corrected chi connectivity index (χ2v) is 5.86. The van der Waals surface area contributed by atoms with Crippen molar-refractivity contribution in [2.75, 3.05) is 51.3 Å². The van der Waals surface area contributed by atoms with E-state index in [9.17, 15) is 0 Å². The van der Waals surface area contributed by atoms with Crippen LogP contribution in [0.2, 0.25) is 0 Å². The minimum absolute atomic E-state index is 0.784. The molecular weight excluding hydrogens is 402 g/mol. The summed E-state index contributed by atoms with van der Waals surface area (Å²) in [7, 11) is 1.73. The van der Waals surface area contributed by atoms with Crippen LogP contribution in [0, 0.1) is 0 Å². The molecule has 0 atom stereocenters. The number of rotatable bonds is 5. The summed E-state index contributed by atoms with van der Waals surface area (Å²) in [6.07, 6.45) is 1.09. The van der Waals surface area contributed by atoms with E-state index in [4.69, 9.17) is 50.1 Å². The zero-order valence-corrected chi connectivity index (χ0v) is 16.6. The van der Waals surface area contributed by atoms with Crippen molar-refractivity contribution >= 4 is 29.6 Å². The summed E-state index contributed by atoms with van der Waals surface area (Å²) in [6, 6.07) is 8.24. The minimum atomic E-state index is -1.82. The third kappa shape index (κ3) is 10.8. The Kier molecular flexibility index (Phi) is 13.0. The Morgan fingerprint density at radius 1 is 0.900 bits per heavy atom. The van der Waals surface area contributed by atoms with Crippen molar-refractivity contribution in [2.24, 2.45) is 5.73 Å². The fourth-order valence-electron chi connectivity index (χ4n) is 2.42. The van der Waals surface area contributed by atoms with Gasteiger partial charge in [-0.05, 0) is 31.6 Å². The summed E-state index contributed by atoms with van der Waals surface area (Å²) in [5.74, 6) is -6.33. The number of hydrogen-bond donors (Lipinski definition) is 5. The lowest BCUT2D eigenvalue weighted by Gasteiger charge is -2.36. The summed E-state index contributed by atoms with van der Waals surface area (Å²) >= 11 is 0. The number of aliphatic carboxylic acids is 4. The first-order valence-corrected chi connectivity index (χ1v) is 8.86. The monoisotopic (exact) mass is 429 g/mol. The maximum atomic E-state index is 9.10. The summed E-state index contributed by atoms with van der Waals surface area (Å²) in [5.41, 5.74) is 6.76. The highest BCUT2D eigenvalue weighted by Gasteiger charge is 2.18. The van der Waals surface area contributed by atoms with E-state index in [-0.39, 0.29) is 0 Å².